The van der Waals surface area contributed by atoms with Gasteiger partial charge in [-0.2, -0.15) is 10.2 Å². The highest BCUT2D eigenvalue weighted by Gasteiger charge is 2.17. The molecule has 1 heterocycles. The van der Waals surface area contributed by atoms with Crippen LogP contribution < -0.4 is 8.97 Å². The highest BCUT2D eigenvalue weighted by Crippen LogP contribution is 2.40. The Morgan fingerprint density at radius 2 is 0.873 bits per heavy atom. The summed E-state index contributed by atoms with van der Waals surface area (Å²) in [5.74, 6) is 1.24. The van der Waals surface area contributed by atoms with Crippen LogP contribution in [0.2, 0.25) is 5.28 Å². The van der Waals surface area contributed by atoms with Gasteiger partial charge in [0, 0.05) is 35.7 Å². The zero-order valence-electron chi connectivity index (χ0n) is 31.6. The average Bonchev–Trinajstić information content (AvgIpc) is 3.14. The first-order valence-corrected chi connectivity index (χ1v) is 18.1. The number of hydrogen-bond donors (Lipinski definition) is 2. The molecule has 0 bridgehead atoms. The summed E-state index contributed by atoms with van der Waals surface area (Å²) in [7, 11) is 12.6. The molecule has 6 aromatic carbocycles. The lowest BCUT2D eigenvalue weighted by Crippen LogP contribution is -2.34. The standard InChI is InChI=1S/C43H40ClN9O2/c1-52(2,3)33-19-11-29-13-21-37(54)41(35(29)25-33)50-48-31-15-7-27(8-16-31)23-39-45-40(47-43(44)46-39)24-28-9-17-32(18-10-28)49-51-42-36-26-34(53(4,5)6)20-12-30(36)14-22-38(42)55/h7-22,25-26H,23-24H2,1-6H3/p+2. The molecule has 12 heteroatoms. The third-order valence-corrected chi connectivity index (χ3v) is 9.46. The predicted molar refractivity (Wildman–Crippen MR) is 222 cm³/mol. The van der Waals surface area contributed by atoms with E-state index >= 15 is 0 Å². The van der Waals surface area contributed by atoms with Crippen LogP contribution in [0.4, 0.5) is 34.1 Å². The molecule has 1 aromatic heterocycles. The summed E-state index contributed by atoms with van der Waals surface area (Å²) in [6, 6.07) is 34.6. The Labute approximate surface area is 324 Å². The van der Waals surface area contributed by atoms with Crippen LogP contribution in [-0.2, 0) is 12.8 Å². The summed E-state index contributed by atoms with van der Waals surface area (Å²) >= 11 is 6.35. The number of azo groups is 2. The van der Waals surface area contributed by atoms with E-state index in [9.17, 15) is 10.2 Å². The van der Waals surface area contributed by atoms with Crippen LogP contribution in [0.3, 0.4) is 0 Å². The van der Waals surface area contributed by atoms with Gasteiger partial charge in [0.15, 0.2) is 0 Å². The molecule has 0 unspecified atom stereocenters. The van der Waals surface area contributed by atoms with Crippen molar-refractivity contribution in [1.29, 1.82) is 0 Å². The molecule has 0 spiro atoms. The zero-order valence-corrected chi connectivity index (χ0v) is 32.4. The van der Waals surface area contributed by atoms with Gasteiger partial charge in [-0.3, -0.25) is 8.97 Å². The fourth-order valence-electron chi connectivity index (χ4n) is 6.14. The molecule has 55 heavy (non-hydrogen) atoms. The number of halogens is 1. The molecule has 276 valence electrons. The molecule has 0 saturated heterocycles. The molecular formula is C43H42ClN9O2+2. The van der Waals surface area contributed by atoms with Crippen molar-refractivity contribution in [2.75, 3.05) is 42.3 Å². The van der Waals surface area contributed by atoms with E-state index in [1.807, 2.05) is 84.9 Å². The highest BCUT2D eigenvalue weighted by atomic mass is 35.5. The quantitative estimate of drug-likeness (QED) is 0.106. The summed E-state index contributed by atoms with van der Waals surface area (Å²) in [6.07, 6.45) is 0.891. The lowest BCUT2D eigenvalue weighted by molar-refractivity contribution is 0.476. The Bertz CT molecular complexity index is 2420. The Hall–Kier alpha value is -6.14. The summed E-state index contributed by atoms with van der Waals surface area (Å²) in [6.45, 7) is 0. The largest absolute Gasteiger partial charge is 0.506 e. The van der Waals surface area contributed by atoms with Crippen LogP contribution in [0.1, 0.15) is 22.8 Å². The maximum absolute atomic E-state index is 10.7. The molecule has 11 nitrogen and oxygen atoms in total. The van der Waals surface area contributed by atoms with Crippen molar-refractivity contribution in [3.05, 3.63) is 137 Å². The average molecular weight is 752 g/mol. The van der Waals surface area contributed by atoms with E-state index in [0.717, 1.165) is 44.0 Å². The van der Waals surface area contributed by atoms with E-state index in [1.54, 1.807) is 12.1 Å². The van der Waals surface area contributed by atoms with Crippen LogP contribution in [0.25, 0.3) is 21.5 Å². The Morgan fingerprint density at radius 3 is 1.25 bits per heavy atom. The number of benzene rings is 6. The first-order valence-electron chi connectivity index (χ1n) is 17.8. The predicted octanol–water partition coefficient (Wildman–Crippen LogP) is 10.6. The number of nitrogens with zero attached hydrogens (tertiary/aromatic N) is 9. The second kappa shape index (κ2) is 14.9. The van der Waals surface area contributed by atoms with E-state index in [2.05, 4.69) is 84.8 Å². The van der Waals surface area contributed by atoms with Gasteiger partial charge in [-0.25, -0.2) is 15.0 Å². The molecule has 7 aromatic rings. The van der Waals surface area contributed by atoms with E-state index in [-0.39, 0.29) is 16.8 Å². The van der Waals surface area contributed by atoms with Crippen molar-refractivity contribution in [1.82, 2.24) is 23.9 Å². The van der Waals surface area contributed by atoms with Crippen molar-refractivity contribution in [2.45, 2.75) is 12.8 Å². The van der Waals surface area contributed by atoms with Gasteiger partial charge in [-0.1, -0.05) is 36.4 Å². The summed E-state index contributed by atoms with van der Waals surface area (Å²) in [5.41, 5.74) is 6.25. The molecular weight excluding hydrogens is 710 g/mol. The lowest BCUT2D eigenvalue weighted by atomic mass is 10.1. The van der Waals surface area contributed by atoms with Gasteiger partial charge in [0.25, 0.3) is 0 Å². The monoisotopic (exact) mass is 751 g/mol. The number of phenolic OH excluding ortho intramolecular Hbond substituents is 2. The number of hydrogen-bond acceptors (Lipinski definition) is 9. The van der Waals surface area contributed by atoms with Crippen molar-refractivity contribution < 1.29 is 10.2 Å². The Balaban J connectivity index is 1.03. The van der Waals surface area contributed by atoms with Gasteiger partial charge in [0.2, 0.25) is 5.28 Å². The van der Waals surface area contributed by atoms with Gasteiger partial charge in [0.1, 0.15) is 45.9 Å². The molecule has 0 aliphatic rings. The van der Waals surface area contributed by atoms with Gasteiger partial charge < -0.3 is 10.2 Å². The van der Waals surface area contributed by atoms with Gasteiger partial charge in [0.05, 0.1) is 53.7 Å². The first kappa shape index (κ1) is 37.2. The van der Waals surface area contributed by atoms with Gasteiger partial charge in [-0.15, -0.1) is 10.2 Å². The van der Waals surface area contributed by atoms with Gasteiger partial charge in [-0.05, 0) is 94.2 Å². The van der Waals surface area contributed by atoms with Crippen LogP contribution in [-0.4, -0.2) is 67.5 Å². The molecule has 0 atom stereocenters. The van der Waals surface area contributed by atoms with Crippen molar-refractivity contribution in [3.8, 4) is 11.5 Å². The molecule has 0 fully saturated rings. The topological polar surface area (TPSA) is 129 Å². The fourth-order valence-corrected chi connectivity index (χ4v) is 6.34. The summed E-state index contributed by atoms with van der Waals surface area (Å²) in [4.78, 5) is 13.4. The smallest absolute Gasteiger partial charge is 0.225 e. The van der Waals surface area contributed by atoms with Crippen molar-refractivity contribution in [3.63, 3.8) is 0 Å². The minimum absolute atomic E-state index is 0.0719. The summed E-state index contributed by atoms with van der Waals surface area (Å²) in [5, 5.41) is 42.8. The van der Waals surface area contributed by atoms with E-state index < -0.39 is 0 Å². The van der Waals surface area contributed by atoms with Crippen LogP contribution in [0, 0.1) is 0 Å². The molecule has 7 rings (SSSR count). The van der Waals surface area contributed by atoms with Gasteiger partial charge >= 0.3 is 0 Å². The van der Waals surface area contributed by atoms with E-state index in [1.165, 1.54) is 0 Å². The number of rotatable bonds is 10. The van der Waals surface area contributed by atoms with Crippen LogP contribution in [0.5, 0.6) is 11.5 Å². The normalized spacial score (nSPS) is 12.4. The van der Waals surface area contributed by atoms with Crippen molar-refractivity contribution in [2.24, 2.45) is 20.5 Å². The van der Waals surface area contributed by atoms with Crippen LogP contribution in [0.15, 0.2) is 130 Å². The first-order chi connectivity index (χ1) is 26.2. The molecule has 0 amide bonds. The minimum Gasteiger partial charge on any atom is -0.506 e. The van der Waals surface area contributed by atoms with E-state index in [0.29, 0.717) is 56.2 Å². The molecule has 0 radical (unpaired) electrons. The molecule has 2 N–H and O–H groups in total. The molecule has 0 saturated carbocycles. The van der Waals surface area contributed by atoms with E-state index in [4.69, 9.17) is 16.6 Å². The van der Waals surface area contributed by atoms with Crippen LogP contribution >= 0.6 is 11.6 Å². The zero-order chi connectivity index (χ0) is 38.9. The number of fused-ring (bicyclic) bond motifs is 2. The van der Waals surface area contributed by atoms with Crippen molar-refractivity contribution >= 4 is 67.3 Å². The maximum Gasteiger partial charge on any atom is 0.225 e. The second-order valence-corrected chi connectivity index (χ2v) is 15.6. The second-order valence-electron chi connectivity index (χ2n) is 15.2. The number of phenols is 2. The number of quaternary nitrogens is 2. The minimum atomic E-state index is 0.0719. The highest BCUT2D eigenvalue weighted by molar-refractivity contribution is 6.28. The third kappa shape index (κ3) is 8.65. The summed E-state index contributed by atoms with van der Waals surface area (Å²) < 4.78 is 1.27. The lowest BCUT2D eigenvalue weighted by Gasteiger charge is -2.23. The number of aromatic nitrogens is 3. The molecule has 0 aliphatic carbocycles. The maximum atomic E-state index is 10.7. The molecule has 0 aliphatic heterocycles. The Kier molecular flexibility index (Phi) is 10.1. The third-order valence-electron chi connectivity index (χ3n) is 9.29. The Morgan fingerprint density at radius 1 is 0.491 bits per heavy atom. The number of aromatic hydroxyl groups is 2. The SMILES string of the molecule is C[N+](C)(C)c1ccc2ccc(O)c(N=Nc3ccc(Cc4nc(Cl)nc(Cc5ccc(N=Nc6c(O)ccc7ccc([N+](C)(C)C)cc67)cc5)n4)cc3)c2c1. The fraction of sp³-hybridized carbons (Fsp3) is 0.186.